The first-order valence-electron chi connectivity index (χ1n) is 12.7. The van der Waals surface area contributed by atoms with E-state index in [1.165, 1.54) is 10.2 Å². The number of benzene rings is 3. The molecule has 1 aliphatic rings. The SMILES string of the molecule is COc1ccc(-c2ccc(CCCc3nn(-c4ccc(C)cc4)c(=O)n3C3CC3)cc2)cc1CC(=O)O. The van der Waals surface area contributed by atoms with Gasteiger partial charge in [0.15, 0.2) is 0 Å². The molecule has 4 aromatic rings. The van der Waals surface area contributed by atoms with Crippen molar-refractivity contribution in [3.05, 3.63) is 99.7 Å². The van der Waals surface area contributed by atoms with Crippen LogP contribution in [0.4, 0.5) is 0 Å². The van der Waals surface area contributed by atoms with Crippen LogP contribution in [0.5, 0.6) is 5.75 Å². The van der Waals surface area contributed by atoms with Gasteiger partial charge in [-0.1, -0.05) is 48.0 Å². The van der Waals surface area contributed by atoms with Gasteiger partial charge in [-0.2, -0.15) is 4.68 Å². The molecule has 0 saturated heterocycles. The molecule has 1 N–H and O–H groups in total. The predicted molar refractivity (Wildman–Crippen MR) is 143 cm³/mol. The minimum atomic E-state index is -0.887. The summed E-state index contributed by atoms with van der Waals surface area (Å²) in [5, 5.41) is 13.9. The van der Waals surface area contributed by atoms with Gasteiger partial charge in [-0.05, 0) is 73.6 Å². The number of hydrogen-bond acceptors (Lipinski definition) is 4. The van der Waals surface area contributed by atoms with Crippen molar-refractivity contribution in [2.24, 2.45) is 0 Å². The summed E-state index contributed by atoms with van der Waals surface area (Å²) in [6.07, 6.45) is 4.50. The Kier molecular flexibility index (Phi) is 6.95. The lowest BCUT2D eigenvalue weighted by Gasteiger charge is -2.10. The molecule has 37 heavy (non-hydrogen) atoms. The van der Waals surface area contributed by atoms with E-state index >= 15 is 0 Å². The van der Waals surface area contributed by atoms with Gasteiger partial charge in [0.05, 0.1) is 19.2 Å². The second kappa shape index (κ2) is 10.5. The zero-order chi connectivity index (χ0) is 25.9. The third-order valence-electron chi connectivity index (χ3n) is 6.85. The van der Waals surface area contributed by atoms with E-state index in [0.29, 0.717) is 11.3 Å². The number of carboxylic acid groups (broad SMARTS) is 1. The third kappa shape index (κ3) is 5.50. The summed E-state index contributed by atoms with van der Waals surface area (Å²) in [4.78, 5) is 24.3. The Labute approximate surface area is 216 Å². The average Bonchev–Trinajstić information content (AvgIpc) is 3.67. The number of aromatic nitrogens is 3. The predicted octanol–water partition coefficient (Wildman–Crippen LogP) is 5.16. The largest absolute Gasteiger partial charge is 0.496 e. The molecule has 0 bridgehead atoms. The Morgan fingerprint density at radius 2 is 1.70 bits per heavy atom. The van der Waals surface area contributed by atoms with Crippen LogP contribution in [-0.4, -0.2) is 32.5 Å². The molecule has 1 aromatic heterocycles. The number of rotatable bonds is 10. The van der Waals surface area contributed by atoms with Crippen LogP contribution < -0.4 is 10.4 Å². The fraction of sp³-hybridized carbons (Fsp3) is 0.300. The van der Waals surface area contributed by atoms with Crippen LogP contribution in [0.3, 0.4) is 0 Å². The van der Waals surface area contributed by atoms with E-state index in [9.17, 15) is 14.7 Å². The van der Waals surface area contributed by atoms with Gasteiger partial charge in [0.25, 0.3) is 0 Å². The van der Waals surface area contributed by atoms with Crippen molar-refractivity contribution in [1.29, 1.82) is 0 Å². The van der Waals surface area contributed by atoms with Crippen molar-refractivity contribution in [2.75, 3.05) is 7.11 Å². The summed E-state index contributed by atoms with van der Waals surface area (Å²) in [7, 11) is 1.55. The van der Waals surface area contributed by atoms with E-state index in [1.54, 1.807) is 7.11 Å². The quantitative estimate of drug-likeness (QED) is 0.327. The smallest absolute Gasteiger partial charge is 0.350 e. The molecular weight excluding hydrogens is 466 g/mol. The number of nitrogens with zero attached hydrogens (tertiary/aromatic N) is 3. The number of methoxy groups -OCH3 is 1. The summed E-state index contributed by atoms with van der Waals surface area (Å²) in [5.74, 6) is 0.549. The number of carboxylic acids is 1. The minimum Gasteiger partial charge on any atom is -0.496 e. The highest BCUT2D eigenvalue weighted by atomic mass is 16.5. The van der Waals surface area contributed by atoms with Gasteiger partial charge in [-0.3, -0.25) is 9.36 Å². The second-order valence-electron chi connectivity index (χ2n) is 9.69. The lowest BCUT2D eigenvalue weighted by atomic mass is 9.98. The highest BCUT2D eigenvalue weighted by Gasteiger charge is 2.29. The maximum absolute atomic E-state index is 13.1. The lowest BCUT2D eigenvalue weighted by molar-refractivity contribution is -0.136. The number of carbonyl (C=O) groups is 1. The van der Waals surface area contributed by atoms with E-state index in [1.807, 2.05) is 54.0 Å². The fourth-order valence-electron chi connectivity index (χ4n) is 4.72. The zero-order valence-electron chi connectivity index (χ0n) is 21.2. The summed E-state index contributed by atoms with van der Waals surface area (Å²) < 4.78 is 8.74. The van der Waals surface area contributed by atoms with Crippen molar-refractivity contribution in [3.63, 3.8) is 0 Å². The molecule has 0 radical (unpaired) electrons. The first kappa shape index (κ1) is 24.6. The molecule has 7 nitrogen and oxygen atoms in total. The first-order chi connectivity index (χ1) is 17.9. The van der Waals surface area contributed by atoms with Crippen LogP contribution in [0.25, 0.3) is 16.8 Å². The zero-order valence-corrected chi connectivity index (χ0v) is 21.2. The number of aliphatic carboxylic acids is 1. The minimum absolute atomic E-state index is 0.0486. The van der Waals surface area contributed by atoms with Gasteiger partial charge in [0, 0.05) is 18.0 Å². The molecule has 0 spiro atoms. The topological polar surface area (TPSA) is 86.4 Å². The van der Waals surface area contributed by atoms with Gasteiger partial charge in [-0.15, -0.1) is 5.10 Å². The summed E-state index contributed by atoms with van der Waals surface area (Å²) in [6, 6.07) is 22.1. The standard InChI is InChI=1S/C30H31N3O4/c1-20-6-13-26(14-7-20)33-30(36)32(25-15-16-25)28(31-33)5-3-4-21-8-10-22(11-9-21)23-12-17-27(37-2)24(18-23)19-29(34)35/h6-14,17-18,25H,3-5,15-16,19H2,1-2H3,(H,34,35). The highest BCUT2D eigenvalue weighted by Crippen LogP contribution is 2.34. The molecule has 5 rings (SSSR count). The van der Waals surface area contributed by atoms with Crippen molar-refractivity contribution >= 4 is 5.97 Å². The molecule has 1 aliphatic carbocycles. The molecule has 7 heteroatoms. The summed E-state index contributed by atoms with van der Waals surface area (Å²) >= 11 is 0. The van der Waals surface area contributed by atoms with Crippen LogP contribution in [0.15, 0.2) is 71.5 Å². The molecule has 3 aromatic carbocycles. The Morgan fingerprint density at radius 1 is 1.00 bits per heavy atom. The molecule has 190 valence electrons. The fourth-order valence-corrected chi connectivity index (χ4v) is 4.72. The van der Waals surface area contributed by atoms with Gasteiger partial charge in [-0.25, -0.2) is 4.79 Å². The van der Waals surface area contributed by atoms with Crippen LogP contribution in [-0.2, 0) is 24.1 Å². The highest BCUT2D eigenvalue weighted by molar-refractivity contribution is 5.74. The third-order valence-corrected chi connectivity index (χ3v) is 6.85. The van der Waals surface area contributed by atoms with Crippen molar-refractivity contribution < 1.29 is 14.6 Å². The van der Waals surface area contributed by atoms with Gasteiger partial charge in [0.2, 0.25) is 0 Å². The van der Waals surface area contributed by atoms with E-state index in [0.717, 1.165) is 60.3 Å². The van der Waals surface area contributed by atoms with E-state index < -0.39 is 5.97 Å². The number of ether oxygens (including phenoxy) is 1. The molecule has 0 aliphatic heterocycles. The van der Waals surface area contributed by atoms with Gasteiger partial charge < -0.3 is 9.84 Å². The summed E-state index contributed by atoms with van der Waals surface area (Å²) in [6.45, 7) is 2.03. The Balaban J connectivity index is 1.27. The Morgan fingerprint density at radius 3 is 2.35 bits per heavy atom. The molecule has 1 heterocycles. The second-order valence-corrected chi connectivity index (χ2v) is 9.69. The monoisotopic (exact) mass is 497 g/mol. The van der Waals surface area contributed by atoms with Crippen molar-refractivity contribution in [2.45, 2.75) is 51.5 Å². The summed E-state index contributed by atoms with van der Waals surface area (Å²) in [5.41, 5.74) is 5.75. The molecule has 0 atom stereocenters. The van der Waals surface area contributed by atoms with Gasteiger partial charge in [0.1, 0.15) is 11.6 Å². The van der Waals surface area contributed by atoms with Crippen molar-refractivity contribution in [1.82, 2.24) is 14.3 Å². The molecular formula is C30H31N3O4. The van der Waals surface area contributed by atoms with E-state index in [-0.39, 0.29) is 18.2 Å². The first-order valence-corrected chi connectivity index (χ1v) is 12.7. The molecule has 0 amide bonds. The van der Waals surface area contributed by atoms with E-state index in [2.05, 4.69) is 24.3 Å². The maximum atomic E-state index is 13.1. The molecule has 1 saturated carbocycles. The number of hydrogen-bond donors (Lipinski definition) is 1. The van der Waals surface area contributed by atoms with Crippen LogP contribution in [0.2, 0.25) is 0 Å². The molecule has 0 unspecified atom stereocenters. The van der Waals surface area contributed by atoms with Crippen molar-refractivity contribution in [3.8, 4) is 22.6 Å². The van der Waals surface area contributed by atoms with E-state index in [4.69, 9.17) is 9.84 Å². The maximum Gasteiger partial charge on any atom is 0.350 e. The Bertz CT molecular complexity index is 1460. The Hall–Kier alpha value is -4.13. The van der Waals surface area contributed by atoms with Crippen LogP contribution in [0, 0.1) is 6.92 Å². The van der Waals surface area contributed by atoms with Crippen LogP contribution in [0.1, 0.15) is 47.8 Å². The van der Waals surface area contributed by atoms with Crippen LogP contribution >= 0.6 is 0 Å². The normalized spacial score (nSPS) is 13.0. The number of aryl methyl sites for hydroxylation is 3. The van der Waals surface area contributed by atoms with Gasteiger partial charge >= 0.3 is 11.7 Å². The molecule has 1 fully saturated rings. The average molecular weight is 498 g/mol. The lowest BCUT2D eigenvalue weighted by Crippen LogP contribution is -2.23.